The fraction of sp³-hybridized carbons (Fsp3) is 0.214. The molecule has 2 aliphatic heterocycles. The van der Waals surface area contributed by atoms with Gasteiger partial charge < -0.3 is 23.9 Å². The first-order valence-electron chi connectivity index (χ1n) is 11.4. The van der Waals surface area contributed by atoms with Crippen LogP contribution in [0.5, 0.6) is 11.5 Å². The Labute approximate surface area is 202 Å². The van der Waals surface area contributed by atoms with E-state index in [-0.39, 0.29) is 24.0 Å². The van der Waals surface area contributed by atoms with Crippen LogP contribution in [0.1, 0.15) is 35.4 Å². The highest BCUT2D eigenvalue weighted by Gasteiger charge is 2.46. The van der Waals surface area contributed by atoms with Crippen molar-refractivity contribution in [2.75, 3.05) is 6.61 Å². The monoisotopic (exact) mass is 471 g/mol. The van der Waals surface area contributed by atoms with Crippen molar-refractivity contribution in [2.45, 2.75) is 32.0 Å². The largest absolute Gasteiger partial charge is 0.507 e. The predicted octanol–water partition coefficient (Wildman–Crippen LogP) is 4.79. The van der Waals surface area contributed by atoms with Crippen molar-refractivity contribution in [1.29, 1.82) is 0 Å². The Bertz CT molecular complexity index is 1320. The molecule has 2 aliphatic rings. The number of ketones is 1. The average molecular weight is 472 g/mol. The first-order chi connectivity index (χ1) is 17.0. The van der Waals surface area contributed by atoms with Crippen LogP contribution < -0.4 is 9.47 Å². The van der Waals surface area contributed by atoms with Crippen molar-refractivity contribution in [3.05, 3.63) is 102 Å². The second-order valence-corrected chi connectivity index (χ2v) is 8.63. The molecule has 2 aromatic carbocycles. The molecule has 2 atom stereocenters. The Hall–Kier alpha value is -4.26. The third-order valence-electron chi connectivity index (χ3n) is 6.16. The van der Waals surface area contributed by atoms with Crippen LogP contribution >= 0.6 is 0 Å². The molecule has 1 fully saturated rings. The SMILES string of the molecule is C=CCOc1cccc([C@H]2C(=C(O)c3ccc4c(c3)C[C@H](C)O4)C(=O)C(=O)N2Cc2ccco2)c1. The molecule has 0 bridgehead atoms. The van der Waals surface area contributed by atoms with E-state index in [1.165, 1.54) is 11.2 Å². The summed E-state index contributed by atoms with van der Waals surface area (Å²) in [5.41, 5.74) is 2.07. The van der Waals surface area contributed by atoms with Crippen molar-refractivity contribution in [2.24, 2.45) is 0 Å². The Morgan fingerprint density at radius 1 is 1.20 bits per heavy atom. The number of aliphatic hydroxyl groups is 1. The fourth-order valence-corrected chi connectivity index (χ4v) is 4.61. The maximum Gasteiger partial charge on any atom is 0.296 e. The number of nitrogens with zero attached hydrogens (tertiary/aromatic N) is 1. The van der Waals surface area contributed by atoms with Crippen LogP contribution in [0.25, 0.3) is 5.76 Å². The van der Waals surface area contributed by atoms with Gasteiger partial charge in [-0.05, 0) is 60.5 Å². The van der Waals surface area contributed by atoms with Crippen molar-refractivity contribution in [1.82, 2.24) is 4.90 Å². The van der Waals surface area contributed by atoms with Crippen LogP contribution in [0.2, 0.25) is 0 Å². The number of aliphatic hydroxyl groups excluding tert-OH is 1. The van der Waals surface area contributed by atoms with E-state index in [9.17, 15) is 14.7 Å². The Balaban J connectivity index is 1.62. The third kappa shape index (κ3) is 4.21. The van der Waals surface area contributed by atoms with Gasteiger partial charge in [-0.2, -0.15) is 0 Å². The molecule has 0 unspecified atom stereocenters. The lowest BCUT2D eigenvalue weighted by Gasteiger charge is -2.25. The number of fused-ring (bicyclic) bond motifs is 1. The Kier molecular flexibility index (Phi) is 5.91. The van der Waals surface area contributed by atoms with E-state index in [4.69, 9.17) is 13.9 Å². The number of ether oxygens (including phenoxy) is 2. The lowest BCUT2D eigenvalue weighted by Crippen LogP contribution is -2.29. The van der Waals surface area contributed by atoms with Gasteiger partial charge in [-0.15, -0.1) is 0 Å². The minimum Gasteiger partial charge on any atom is -0.507 e. The van der Waals surface area contributed by atoms with Crippen LogP contribution in [-0.2, 0) is 22.6 Å². The number of hydrogen-bond acceptors (Lipinski definition) is 6. The number of carbonyl (C=O) groups excluding carboxylic acids is 2. The summed E-state index contributed by atoms with van der Waals surface area (Å²) < 4.78 is 16.9. The fourth-order valence-electron chi connectivity index (χ4n) is 4.61. The molecule has 7 heteroatoms. The summed E-state index contributed by atoms with van der Waals surface area (Å²) in [6.07, 6.45) is 3.89. The smallest absolute Gasteiger partial charge is 0.296 e. The maximum atomic E-state index is 13.3. The van der Waals surface area contributed by atoms with Crippen LogP contribution in [0.4, 0.5) is 0 Å². The van der Waals surface area contributed by atoms with Gasteiger partial charge in [0, 0.05) is 12.0 Å². The number of amides is 1. The van der Waals surface area contributed by atoms with E-state index >= 15 is 0 Å². The lowest BCUT2D eigenvalue weighted by atomic mass is 9.94. The van der Waals surface area contributed by atoms with Crippen LogP contribution in [0, 0.1) is 0 Å². The molecule has 178 valence electrons. The molecular weight excluding hydrogens is 446 g/mol. The number of likely N-dealkylation sites (tertiary alicyclic amines) is 1. The average Bonchev–Trinajstić information content (AvgIpc) is 3.56. The molecule has 5 rings (SSSR count). The molecular formula is C28H25NO6. The van der Waals surface area contributed by atoms with E-state index in [1.54, 1.807) is 54.6 Å². The van der Waals surface area contributed by atoms with E-state index in [1.807, 2.05) is 13.0 Å². The van der Waals surface area contributed by atoms with Crippen molar-refractivity contribution in [3.63, 3.8) is 0 Å². The van der Waals surface area contributed by atoms with E-state index in [0.29, 0.717) is 35.7 Å². The van der Waals surface area contributed by atoms with Crippen molar-refractivity contribution < 1.29 is 28.6 Å². The Morgan fingerprint density at radius 3 is 2.83 bits per heavy atom. The van der Waals surface area contributed by atoms with Gasteiger partial charge in [-0.25, -0.2) is 0 Å². The highest BCUT2D eigenvalue weighted by Crippen LogP contribution is 2.42. The van der Waals surface area contributed by atoms with Crippen LogP contribution in [-0.4, -0.2) is 34.4 Å². The zero-order valence-corrected chi connectivity index (χ0v) is 19.3. The summed E-state index contributed by atoms with van der Waals surface area (Å²) in [6.45, 7) is 6.03. The van der Waals surface area contributed by atoms with E-state index in [2.05, 4.69) is 6.58 Å². The number of rotatable bonds is 7. The minimum atomic E-state index is -0.823. The molecule has 1 aromatic heterocycles. The first-order valence-corrected chi connectivity index (χ1v) is 11.4. The molecule has 0 aliphatic carbocycles. The normalized spacial score (nSPS) is 20.5. The number of furan rings is 1. The summed E-state index contributed by atoms with van der Waals surface area (Å²) in [5.74, 6) is 0.172. The lowest BCUT2D eigenvalue weighted by molar-refractivity contribution is -0.140. The highest BCUT2D eigenvalue weighted by atomic mass is 16.5. The van der Waals surface area contributed by atoms with E-state index < -0.39 is 17.7 Å². The maximum absolute atomic E-state index is 13.3. The number of carbonyl (C=O) groups is 2. The molecule has 0 radical (unpaired) electrons. The molecule has 0 saturated carbocycles. The van der Waals surface area contributed by atoms with Gasteiger partial charge in [0.15, 0.2) is 0 Å². The van der Waals surface area contributed by atoms with Crippen molar-refractivity contribution >= 4 is 17.4 Å². The number of benzene rings is 2. The quantitative estimate of drug-likeness (QED) is 0.231. The number of hydrogen-bond donors (Lipinski definition) is 1. The standard InChI is InChI=1S/C28H25NO6/c1-3-11-33-21-7-4-6-18(15-21)25-24(27(31)28(32)29(25)16-22-8-5-12-34-22)26(30)19-9-10-23-20(14-19)13-17(2)35-23/h3-10,12,14-15,17,25,30H,1,11,13,16H2,2H3/t17-,25-/m0/s1. The second-order valence-electron chi connectivity index (χ2n) is 8.63. The number of Topliss-reactive ketones (excluding diaryl/α,β-unsaturated/α-hetero) is 1. The predicted molar refractivity (Wildman–Crippen MR) is 129 cm³/mol. The third-order valence-corrected chi connectivity index (χ3v) is 6.16. The molecule has 1 N–H and O–H groups in total. The van der Waals surface area contributed by atoms with Gasteiger partial charge in [-0.1, -0.05) is 24.8 Å². The molecule has 7 nitrogen and oxygen atoms in total. The first kappa shape index (κ1) is 22.5. The molecule has 35 heavy (non-hydrogen) atoms. The van der Waals surface area contributed by atoms with Gasteiger partial charge in [0.1, 0.15) is 35.7 Å². The van der Waals surface area contributed by atoms with Crippen molar-refractivity contribution in [3.8, 4) is 11.5 Å². The van der Waals surface area contributed by atoms with Gasteiger partial charge in [-0.3, -0.25) is 9.59 Å². The zero-order valence-electron chi connectivity index (χ0n) is 19.3. The zero-order chi connectivity index (χ0) is 24.5. The second kappa shape index (κ2) is 9.18. The summed E-state index contributed by atoms with van der Waals surface area (Å²) in [6, 6.07) is 15.1. The minimum absolute atomic E-state index is 0.0225. The van der Waals surface area contributed by atoms with Crippen LogP contribution in [0.3, 0.4) is 0 Å². The van der Waals surface area contributed by atoms with Crippen LogP contribution in [0.15, 0.2) is 83.5 Å². The Morgan fingerprint density at radius 2 is 2.06 bits per heavy atom. The molecule has 3 heterocycles. The molecule has 0 spiro atoms. The summed E-state index contributed by atoms with van der Waals surface area (Å²) in [5, 5.41) is 11.4. The van der Waals surface area contributed by atoms with Gasteiger partial charge in [0.2, 0.25) is 0 Å². The van der Waals surface area contributed by atoms with E-state index in [0.717, 1.165) is 11.3 Å². The topological polar surface area (TPSA) is 89.2 Å². The summed E-state index contributed by atoms with van der Waals surface area (Å²) in [7, 11) is 0. The van der Waals surface area contributed by atoms with Gasteiger partial charge in [0.25, 0.3) is 11.7 Å². The molecule has 1 saturated heterocycles. The molecule has 3 aromatic rings. The van der Waals surface area contributed by atoms with Gasteiger partial charge >= 0.3 is 0 Å². The van der Waals surface area contributed by atoms with Gasteiger partial charge in [0.05, 0.1) is 24.4 Å². The molecule has 1 amide bonds. The highest BCUT2D eigenvalue weighted by molar-refractivity contribution is 6.46. The summed E-state index contributed by atoms with van der Waals surface area (Å²) >= 11 is 0. The summed E-state index contributed by atoms with van der Waals surface area (Å²) in [4.78, 5) is 27.9.